The lowest BCUT2D eigenvalue weighted by Crippen LogP contribution is -2.06. The van der Waals surface area contributed by atoms with Gasteiger partial charge in [-0.1, -0.05) is 13.0 Å². The molecule has 82 valence electrons. The Kier molecular flexibility index (Phi) is 3.19. The topological polar surface area (TPSA) is 66.8 Å². The van der Waals surface area contributed by atoms with E-state index in [4.69, 9.17) is 5.11 Å². The molecule has 0 aliphatic rings. The average molecular weight is 210 g/mol. The van der Waals surface area contributed by atoms with Gasteiger partial charge in [-0.05, 0) is 31.4 Å². The highest BCUT2D eigenvalue weighted by atomic mass is 16.7. The zero-order valence-electron chi connectivity index (χ0n) is 9.00. The largest absolute Gasteiger partial charge is 0.511 e. The van der Waals surface area contributed by atoms with E-state index in [0.29, 0.717) is 12.0 Å². The second-order valence-electron chi connectivity index (χ2n) is 3.39. The number of aryl methyl sites for hydroxylation is 2. The van der Waals surface area contributed by atoms with Crippen molar-refractivity contribution in [1.29, 1.82) is 0 Å². The van der Waals surface area contributed by atoms with E-state index in [1.54, 1.807) is 13.0 Å². The molecule has 0 saturated carbocycles. The quantitative estimate of drug-likeness (QED) is 0.581. The predicted octanol–water partition coefficient (Wildman–Crippen LogP) is 2.63. The van der Waals surface area contributed by atoms with Crippen LogP contribution >= 0.6 is 0 Å². The second-order valence-corrected chi connectivity index (χ2v) is 3.39. The van der Waals surface area contributed by atoms with Crippen LogP contribution in [0.1, 0.15) is 23.6 Å². The number of phenolic OH excluding ortho intramolecular Hbond substituents is 1. The SMILES string of the molecule is CCc1c(C)cc(C)c(OC(=O)O)c1O. The summed E-state index contributed by atoms with van der Waals surface area (Å²) in [7, 11) is 0. The maximum absolute atomic E-state index is 10.4. The Labute approximate surface area is 88.1 Å². The van der Waals surface area contributed by atoms with E-state index in [1.807, 2.05) is 13.8 Å². The van der Waals surface area contributed by atoms with Crippen molar-refractivity contribution in [2.45, 2.75) is 27.2 Å². The first kappa shape index (κ1) is 11.4. The summed E-state index contributed by atoms with van der Waals surface area (Å²) in [6, 6.07) is 1.80. The molecule has 0 heterocycles. The Balaban J connectivity index is 3.32. The van der Waals surface area contributed by atoms with Crippen LogP contribution in [-0.2, 0) is 6.42 Å². The van der Waals surface area contributed by atoms with Crippen molar-refractivity contribution in [3.05, 3.63) is 22.8 Å². The summed E-state index contributed by atoms with van der Waals surface area (Å²) in [5, 5.41) is 18.3. The first-order chi connectivity index (χ1) is 6.97. The zero-order chi connectivity index (χ0) is 11.6. The van der Waals surface area contributed by atoms with Crippen LogP contribution in [0.2, 0.25) is 0 Å². The molecule has 1 aromatic rings. The molecule has 0 spiro atoms. The number of ether oxygens (including phenoxy) is 1. The highest BCUT2D eigenvalue weighted by molar-refractivity contribution is 5.66. The van der Waals surface area contributed by atoms with E-state index in [-0.39, 0.29) is 11.5 Å². The average Bonchev–Trinajstić information content (AvgIpc) is 2.12. The fraction of sp³-hybridized carbons (Fsp3) is 0.364. The van der Waals surface area contributed by atoms with Crippen LogP contribution in [0.3, 0.4) is 0 Å². The van der Waals surface area contributed by atoms with Crippen molar-refractivity contribution in [3.8, 4) is 11.5 Å². The first-order valence-corrected chi connectivity index (χ1v) is 4.70. The number of carbonyl (C=O) groups is 1. The van der Waals surface area contributed by atoms with Gasteiger partial charge in [0.05, 0.1) is 0 Å². The Morgan fingerprint density at radius 3 is 2.47 bits per heavy atom. The second kappa shape index (κ2) is 4.21. The van der Waals surface area contributed by atoms with Gasteiger partial charge >= 0.3 is 6.16 Å². The van der Waals surface area contributed by atoms with Crippen LogP contribution in [0.5, 0.6) is 11.5 Å². The Bertz CT molecular complexity index is 396. The minimum atomic E-state index is -1.42. The minimum absolute atomic E-state index is 0.0324. The molecule has 0 aliphatic heterocycles. The standard InChI is InChI=1S/C11H14O4/c1-4-8-6(2)5-7(3)10(9(8)12)15-11(13)14/h5,12H,4H2,1-3H3,(H,13,14). The number of aromatic hydroxyl groups is 1. The van der Waals surface area contributed by atoms with Gasteiger partial charge in [0, 0.05) is 5.56 Å². The number of hydrogen-bond donors (Lipinski definition) is 2. The lowest BCUT2D eigenvalue weighted by atomic mass is 10.0. The molecule has 0 amide bonds. The van der Waals surface area contributed by atoms with E-state index < -0.39 is 6.16 Å². The Hall–Kier alpha value is -1.71. The predicted molar refractivity (Wildman–Crippen MR) is 55.6 cm³/mol. The van der Waals surface area contributed by atoms with E-state index in [0.717, 1.165) is 11.1 Å². The van der Waals surface area contributed by atoms with Crippen molar-refractivity contribution in [2.24, 2.45) is 0 Å². The number of benzene rings is 1. The molecule has 0 bridgehead atoms. The van der Waals surface area contributed by atoms with Crippen molar-refractivity contribution < 1.29 is 19.7 Å². The molecule has 4 heteroatoms. The van der Waals surface area contributed by atoms with E-state index in [1.165, 1.54) is 0 Å². The Morgan fingerprint density at radius 2 is 2.00 bits per heavy atom. The van der Waals surface area contributed by atoms with Crippen molar-refractivity contribution in [3.63, 3.8) is 0 Å². The molecule has 1 aromatic carbocycles. The lowest BCUT2D eigenvalue weighted by Gasteiger charge is -2.12. The summed E-state index contributed by atoms with van der Waals surface area (Å²) in [5.41, 5.74) is 2.27. The highest BCUT2D eigenvalue weighted by Gasteiger charge is 2.15. The van der Waals surface area contributed by atoms with Gasteiger partial charge in [-0.25, -0.2) is 4.79 Å². The normalized spacial score (nSPS) is 10.1. The minimum Gasteiger partial charge on any atom is -0.504 e. The van der Waals surface area contributed by atoms with Gasteiger partial charge in [0.15, 0.2) is 11.5 Å². The highest BCUT2D eigenvalue weighted by Crippen LogP contribution is 2.36. The summed E-state index contributed by atoms with van der Waals surface area (Å²) in [4.78, 5) is 10.4. The van der Waals surface area contributed by atoms with Crippen LogP contribution in [0.15, 0.2) is 6.07 Å². The fourth-order valence-corrected chi connectivity index (χ4v) is 1.65. The summed E-state index contributed by atoms with van der Waals surface area (Å²) < 4.78 is 4.54. The molecule has 1 rings (SSSR count). The van der Waals surface area contributed by atoms with Crippen molar-refractivity contribution >= 4 is 6.16 Å². The van der Waals surface area contributed by atoms with Gasteiger partial charge in [0.1, 0.15) is 0 Å². The van der Waals surface area contributed by atoms with Crippen LogP contribution in [-0.4, -0.2) is 16.4 Å². The van der Waals surface area contributed by atoms with Crippen LogP contribution in [0.4, 0.5) is 4.79 Å². The lowest BCUT2D eigenvalue weighted by molar-refractivity contribution is 0.142. The molecule has 0 aliphatic carbocycles. The molecule has 0 unspecified atom stereocenters. The van der Waals surface area contributed by atoms with E-state index in [9.17, 15) is 9.90 Å². The fourth-order valence-electron chi connectivity index (χ4n) is 1.65. The number of carboxylic acid groups (broad SMARTS) is 1. The summed E-state index contributed by atoms with van der Waals surface area (Å²) >= 11 is 0. The summed E-state index contributed by atoms with van der Waals surface area (Å²) in [6.45, 7) is 5.46. The molecular weight excluding hydrogens is 196 g/mol. The number of phenols is 1. The van der Waals surface area contributed by atoms with Gasteiger partial charge in [0.2, 0.25) is 0 Å². The summed E-state index contributed by atoms with van der Waals surface area (Å²) in [5.74, 6) is -0.0395. The van der Waals surface area contributed by atoms with Crippen LogP contribution < -0.4 is 4.74 Å². The molecular formula is C11H14O4. The van der Waals surface area contributed by atoms with Crippen molar-refractivity contribution in [2.75, 3.05) is 0 Å². The maximum atomic E-state index is 10.4. The van der Waals surface area contributed by atoms with Crippen molar-refractivity contribution in [1.82, 2.24) is 0 Å². The van der Waals surface area contributed by atoms with Gasteiger partial charge in [0.25, 0.3) is 0 Å². The molecule has 0 aromatic heterocycles. The van der Waals surface area contributed by atoms with Gasteiger partial charge in [-0.3, -0.25) is 0 Å². The molecule has 0 radical (unpaired) electrons. The third-order valence-corrected chi connectivity index (χ3v) is 2.31. The molecule has 0 saturated heterocycles. The third kappa shape index (κ3) is 2.21. The third-order valence-electron chi connectivity index (χ3n) is 2.31. The number of hydrogen-bond acceptors (Lipinski definition) is 3. The van der Waals surface area contributed by atoms with Gasteiger partial charge in [-0.2, -0.15) is 0 Å². The van der Waals surface area contributed by atoms with Gasteiger partial charge < -0.3 is 14.9 Å². The first-order valence-electron chi connectivity index (χ1n) is 4.70. The number of rotatable bonds is 2. The maximum Gasteiger partial charge on any atom is 0.511 e. The molecule has 15 heavy (non-hydrogen) atoms. The van der Waals surface area contributed by atoms with Crippen LogP contribution in [0.25, 0.3) is 0 Å². The molecule has 4 nitrogen and oxygen atoms in total. The van der Waals surface area contributed by atoms with E-state index >= 15 is 0 Å². The summed E-state index contributed by atoms with van der Waals surface area (Å²) in [6.07, 6.45) is -0.784. The Morgan fingerprint density at radius 1 is 1.40 bits per heavy atom. The monoisotopic (exact) mass is 210 g/mol. The van der Waals surface area contributed by atoms with E-state index in [2.05, 4.69) is 4.74 Å². The molecule has 0 fully saturated rings. The van der Waals surface area contributed by atoms with Crippen LogP contribution in [0, 0.1) is 13.8 Å². The molecule has 2 N–H and O–H groups in total. The van der Waals surface area contributed by atoms with Gasteiger partial charge in [-0.15, -0.1) is 0 Å². The molecule has 0 atom stereocenters. The smallest absolute Gasteiger partial charge is 0.504 e. The zero-order valence-corrected chi connectivity index (χ0v) is 9.00.